The van der Waals surface area contributed by atoms with Gasteiger partial charge in [-0.1, -0.05) is 6.07 Å². The summed E-state index contributed by atoms with van der Waals surface area (Å²) in [6, 6.07) is 6.75. The largest absolute Gasteiger partial charge is 0.378 e. The van der Waals surface area contributed by atoms with Crippen LogP contribution in [0.2, 0.25) is 0 Å². The van der Waals surface area contributed by atoms with Gasteiger partial charge < -0.3 is 10.6 Å². The first-order chi connectivity index (χ1) is 6.50. The minimum Gasteiger partial charge on any atom is -0.378 e. The van der Waals surface area contributed by atoms with Crippen molar-refractivity contribution in [1.29, 1.82) is 0 Å². The molecule has 2 heteroatoms. The van der Waals surface area contributed by atoms with Crippen LogP contribution in [-0.4, -0.2) is 20.1 Å². The van der Waals surface area contributed by atoms with Crippen LogP contribution in [0.4, 0.5) is 5.69 Å². The van der Waals surface area contributed by atoms with Crippen LogP contribution in [0.1, 0.15) is 18.1 Å². The lowest BCUT2D eigenvalue weighted by Gasteiger charge is -2.16. The van der Waals surface area contributed by atoms with E-state index in [0.717, 1.165) is 6.42 Å². The van der Waals surface area contributed by atoms with Crippen LogP contribution in [0.5, 0.6) is 0 Å². The molecule has 78 valence electrons. The molecule has 0 aromatic heterocycles. The van der Waals surface area contributed by atoms with E-state index in [9.17, 15) is 0 Å². The normalized spacial score (nSPS) is 12.6. The summed E-state index contributed by atoms with van der Waals surface area (Å²) in [6.07, 6.45) is 0.952. The van der Waals surface area contributed by atoms with Crippen molar-refractivity contribution in [2.45, 2.75) is 26.3 Å². The second-order valence-corrected chi connectivity index (χ2v) is 4.19. The van der Waals surface area contributed by atoms with E-state index in [4.69, 9.17) is 5.73 Å². The fourth-order valence-corrected chi connectivity index (χ4v) is 1.50. The molecule has 0 aliphatic rings. The minimum atomic E-state index is 0.228. The number of aryl methyl sites for hydroxylation is 1. The summed E-state index contributed by atoms with van der Waals surface area (Å²) in [7, 11) is 4.11. The summed E-state index contributed by atoms with van der Waals surface area (Å²) >= 11 is 0. The summed E-state index contributed by atoms with van der Waals surface area (Å²) in [5.41, 5.74) is 9.73. The number of nitrogens with two attached hydrogens (primary N) is 1. The van der Waals surface area contributed by atoms with Crippen molar-refractivity contribution in [1.82, 2.24) is 0 Å². The third-order valence-corrected chi connectivity index (χ3v) is 2.39. The number of benzene rings is 1. The maximum atomic E-state index is 5.81. The topological polar surface area (TPSA) is 29.3 Å². The molecule has 0 radical (unpaired) electrons. The molecule has 0 fully saturated rings. The van der Waals surface area contributed by atoms with Gasteiger partial charge in [-0.15, -0.1) is 0 Å². The second-order valence-electron chi connectivity index (χ2n) is 4.19. The lowest BCUT2D eigenvalue weighted by Crippen LogP contribution is -2.19. The molecule has 1 aromatic carbocycles. The van der Waals surface area contributed by atoms with Crippen LogP contribution in [-0.2, 0) is 6.42 Å². The van der Waals surface area contributed by atoms with Crippen LogP contribution in [0.3, 0.4) is 0 Å². The molecule has 2 nitrogen and oxygen atoms in total. The van der Waals surface area contributed by atoms with Gasteiger partial charge >= 0.3 is 0 Å². The molecule has 0 spiro atoms. The monoisotopic (exact) mass is 192 g/mol. The van der Waals surface area contributed by atoms with E-state index in [0.29, 0.717) is 0 Å². The number of hydrogen-bond acceptors (Lipinski definition) is 2. The van der Waals surface area contributed by atoms with Crippen LogP contribution >= 0.6 is 0 Å². The average molecular weight is 192 g/mol. The van der Waals surface area contributed by atoms with Gasteiger partial charge in [0.15, 0.2) is 0 Å². The van der Waals surface area contributed by atoms with E-state index >= 15 is 0 Å². The molecule has 0 saturated heterocycles. The van der Waals surface area contributed by atoms with Crippen molar-refractivity contribution in [2.24, 2.45) is 5.73 Å². The smallest absolute Gasteiger partial charge is 0.0363 e. The molecule has 1 rings (SSSR count). The highest BCUT2D eigenvalue weighted by Gasteiger charge is 2.04. The molecule has 2 N–H and O–H groups in total. The molecule has 14 heavy (non-hydrogen) atoms. The molecule has 0 heterocycles. The molecular formula is C12H20N2. The Morgan fingerprint density at radius 2 is 2.00 bits per heavy atom. The van der Waals surface area contributed by atoms with Gasteiger partial charge in [-0.3, -0.25) is 0 Å². The Morgan fingerprint density at radius 1 is 1.36 bits per heavy atom. The second kappa shape index (κ2) is 4.47. The van der Waals surface area contributed by atoms with Gasteiger partial charge in [0.2, 0.25) is 0 Å². The molecule has 0 amide bonds. The Kier molecular flexibility index (Phi) is 3.53. The van der Waals surface area contributed by atoms with E-state index < -0.39 is 0 Å². The zero-order chi connectivity index (χ0) is 10.7. The van der Waals surface area contributed by atoms with E-state index in [-0.39, 0.29) is 6.04 Å². The Balaban J connectivity index is 2.96. The highest BCUT2D eigenvalue weighted by atomic mass is 15.1. The Labute approximate surface area is 86.7 Å². The fraction of sp³-hybridized carbons (Fsp3) is 0.500. The third kappa shape index (κ3) is 2.74. The molecular weight excluding hydrogens is 172 g/mol. The quantitative estimate of drug-likeness (QED) is 0.793. The minimum absolute atomic E-state index is 0.228. The summed E-state index contributed by atoms with van der Waals surface area (Å²) < 4.78 is 0. The number of anilines is 1. The average Bonchev–Trinajstić information content (AvgIpc) is 2.07. The van der Waals surface area contributed by atoms with Crippen molar-refractivity contribution in [3.63, 3.8) is 0 Å². The maximum Gasteiger partial charge on any atom is 0.0363 e. The predicted octanol–water partition coefficient (Wildman–Crippen LogP) is 1.95. The summed E-state index contributed by atoms with van der Waals surface area (Å²) in [5, 5.41) is 0. The Hall–Kier alpha value is -1.02. The molecule has 0 aliphatic heterocycles. The predicted molar refractivity (Wildman–Crippen MR) is 62.9 cm³/mol. The standard InChI is InChI=1S/C12H20N2/c1-9-5-6-12(14(3)4)8-11(9)7-10(2)13/h5-6,8,10H,7,13H2,1-4H3/t10-/m1/s1. The van der Waals surface area contributed by atoms with Gasteiger partial charge in [0, 0.05) is 25.8 Å². The number of hydrogen-bond donors (Lipinski definition) is 1. The van der Waals surface area contributed by atoms with Crippen LogP contribution < -0.4 is 10.6 Å². The highest BCUT2D eigenvalue weighted by Crippen LogP contribution is 2.18. The Morgan fingerprint density at radius 3 is 2.50 bits per heavy atom. The van der Waals surface area contributed by atoms with Crippen molar-refractivity contribution in [3.05, 3.63) is 29.3 Å². The molecule has 0 saturated carbocycles. The lowest BCUT2D eigenvalue weighted by atomic mass is 10.0. The summed E-state index contributed by atoms with van der Waals surface area (Å²) in [6.45, 7) is 4.18. The first-order valence-corrected chi connectivity index (χ1v) is 5.03. The zero-order valence-electron chi connectivity index (χ0n) is 9.54. The summed E-state index contributed by atoms with van der Waals surface area (Å²) in [5.74, 6) is 0. The van der Waals surface area contributed by atoms with E-state index in [2.05, 4.69) is 44.1 Å². The number of rotatable bonds is 3. The summed E-state index contributed by atoms with van der Waals surface area (Å²) in [4.78, 5) is 2.12. The molecule has 0 bridgehead atoms. The first kappa shape index (κ1) is 11.1. The van der Waals surface area contributed by atoms with Crippen LogP contribution in [0.15, 0.2) is 18.2 Å². The van der Waals surface area contributed by atoms with E-state index in [1.807, 2.05) is 6.92 Å². The Bertz CT molecular complexity index is 303. The molecule has 0 aliphatic carbocycles. The molecule has 1 aromatic rings. The molecule has 0 unspecified atom stereocenters. The van der Waals surface area contributed by atoms with Gasteiger partial charge in [-0.05, 0) is 43.5 Å². The third-order valence-electron chi connectivity index (χ3n) is 2.39. The first-order valence-electron chi connectivity index (χ1n) is 5.03. The van der Waals surface area contributed by atoms with Gasteiger partial charge in [0.1, 0.15) is 0 Å². The van der Waals surface area contributed by atoms with Gasteiger partial charge in [0.05, 0.1) is 0 Å². The van der Waals surface area contributed by atoms with Gasteiger partial charge in [-0.25, -0.2) is 0 Å². The SMILES string of the molecule is Cc1ccc(N(C)C)cc1C[C@@H](C)N. The van der Waals surface area contributed by atoms with Crippen molar-refractivity contribution in [3.8, 4) is 0 Å². The number of nitrogens with zero attached hydrogens (tertiary/aromatic N) is 1. The van der Waals surface area contributed by atoms with Crippen LogP contribution in [0.25, 0.3) is 0 Å². The van der Waals surface area contributed by atoms with Crippen molar-refractivity contribution in [2.75, 3.05) is 19.0 Å². The zero-order valence-corrected chi connectivity index (χ0v) is 9.54. The van der Waals surface area contributed by atoms with Crippen molar-refractivity contribution < 1.29 is 0 Å². The molecule has 1 atom stereocenters. The van der Waals surface area contributed by atoms with Gasteiger partial charge in [0.25, 0.3) is 0 Å². The van der Waals surface area contributed by atoms with E-state index in [1.165, 1.54) is 16.8 Å². The maximum absolute atomic E-state index is 5.81. The highest BCUT2D eigenvalue weighted by molar-refractivity contribution is 5.49. The fourth-order valence-electron chi connectivity index (χ4n) is 1.50. The van der Waals surface area contributed by atoms with Crippen LogP contribution in [0, 0.1) is 6.92 Å². The van der Waals surface area contributed by atoms with Gasteiger partial charge in [-0.2, -0.15) is 0 Å². The van der Waals surface area contributed by atoms with Crippen molar-refractivity contribution >= 4 is 5.69 Å². The van der Waals surface area contributed by atoms with E-state index in [1.54, 1.807) is 0 Å². The lowest BCUT2D eigenvalue weighted by molar-refractivity contribution is 0.734.